The molecule has 2 aliphatic rings. The summed E-state index contributed by atoms with van der Waals surface area (Å²) in [6.07, 6.45) is 10.7. The first-order chi connectivity index (χ1) is 11.8. The zero-order valence-electron chi connectivity index (χ0n) is 14.4. The zero-order valence-corrected chi connectivity index (χ0v) is 14.4. The van der Waals surface area contributed by atoms with Gasteiger partial charge >= 0.3 is 0 Å². The first-order valence-corrected chi connectivity index (χ1v) is 9.19. The fourth-order valence-corrected chi connectivity index (χ4v) is 4.14. The van der Waals surface area contributed by atoms with Crippen LogP contribution in [0, 0.1) is 0 Å². The lowest BCUT2D eigenvalue weighted by Crippen LogP contribution is -2.35. The Morgan fingerprint density at radius 2 is 1.83 bits per heavy atom. The number of ether oxygens (including phenoxy) is 1. The van der Waals surface area contributed by atoms with Gasteiger partial charge in [0.2, 0.25) is 0 Å². The normalized spacial score (nSPS) is 25.9. The first kappa shape index (κ1) is 15.8. The third-order valence-electron chi connectivity index (χ3n) is 5.62. The monoisotopic (exact) mass is 329 g/mol. The molecule has 6 heteroatoms. The van der Waals surface area contributed by atoms with E-state index in [4.69, 9.17) is 4.74 Å². The molecule has 0 atom stereocenters. The van der Waals surface area contributed by atoms with Crippen molar-refractivity contribution in [3.05, 3.63) is 24.2 Å². The summed E-state index contributed by atoms with van der Waals surface area (Å²) in [6.45, 7) is 1.71. The van der Waals surface area contributed by atoms with Crippen LogP contribution in [0.2, 0.25) is 0 Å². The number of hydrogen-bond acceptors (Lipinski definition) is 5. The van der Waals surface area contributed by atoms with Gasteiger partial charge in [0.05, 0.1) is 0 Å². The largest absolute Gasteiger partial charge is 0.381 e. The van der Waals surface area contributed by atoms with E-state index in [9.17, 15) is 0 Å². The Bertz CT molecular complexity index is 671. The molecule has 0 unspecified atom stereocenters. The van der Waals surface area contributed by atoms with E-state index in [2.05, 4.69) is 40.0 Å². The van der Waals surface area contributed by atoms with E-state index < -0.39 is 0 Å². The van der Waals surface area contributed by atoms with Crippen LogP contribution in [0.1, 0.15) is 50.0 Å². The van der Waals surface area contributed by atoms with Gasteiger partial charge in [0.25, 0.3) is 0 Å². The number of fused-ring (bicyclic) bond motifs is 1. The van der Waals surface area contributed by atoms with E-state index in [1.165, 1.54) is 31.2 Å². The third-order valence-corrected chi connectivity index (χ3v) is 5.62. The molecule has 130 valence electrons. The molecule has 6 nitrogen and oxygen atoms in total. The molecule has 3 heterocycles. The Morgan fingerprint density at radius 3 is 2.58 bits per heavy atom. The molecule has 2 fully saturated rings. The second-order valence-corrected chi connectivity index (χ2v) is 7.04. The highest BCUT2D eigenvalue weighted by Crippen LogP contribution is 2.33. The second kappa shape index (κ2) is 7.07. The van der Waals surface area contributed by atoms with Gasteiger partial charge in [-0.1, -0.05) is 0 Å². The molecule has 1 aliphatic heterocycles. The third kappa shape index (κ3) is 3.13. The van der Waals surface area contributed by atoms with Crippen LogP contribution in [0.3, 0.4) is 0 Å². The van der Waals surface area contributed by atoms with Gasteiger partial charge in [-0.05, 0) is 63.1 Å². The number of aromatic nitrogens is 3. The number of nitrogens with one attached hydrogen (secondary N) is 2. The number of hydrogen-bond donors (Lipinski definition) is 2. The SMILES string of the molecule is CNC1CCC(Nc2ncnn3ccc(C4CCOCC4)c23)CC1. The summed E-state index contributed by atoms with van der Waals surface area (Å²) in [5.74, 6) is 1.54. The number of anilines is 1. The molecule has 0 spiro atoms. The van der Waals surface area contributed by atoms with Gasteiger partial charge in [-0.25, -0.2) is 9.50 Å². The topological polar surface area (TPSA) is 63.5 Å². The van der Waals surface area contributed by atoms with Crippen molar-refractivity contribution >= 4 is 11.3 Å². The molecular weight excluding hydrogens is 302 g/mol. The molecule has 4 rings (SSSR count). The molecule has 2 aromatic heterocycles. The Labute approximate surface area is 143 Å². The summed E-state index contributed by atoms with van der Waals surface area (Å²) < 4.78 is 7.49. The lowest BCUT2D eigenvalue weighted by atomic mass is 9.90. The Balaban J connectivity index is 1.57. The maximum atomic E-state index is 5.52. The predicted octanol–water partition coefficient (Wildman–Crippen LogP) is 2.57. The highest BCUT2D eigenvalue weighted by molar-refractivity contribution is 5.73. The molecule has 0 amide bonds. The number of nitrogens with zero attached hydrogens (tertiary/aromatic N) is 3. The molecule has 24 heavy (non-hydrogen) atoms. The standard InChI is InChI=1S/C18H27N5O/c1-19-14-2-4-15(5-3-14)22-18-17-16(13-7-10-24-11-8-13)6-9-23(17)21-12-20-18/h6,9,12-15,19H,2-5,7-8,10-11H2,1H3,(H,20,21,22). The van der Waals surface area contributed by atoms with E-state index in [-0.39, 0.29) is 0 Å². The average molecular weight is 329 g/mol. The van der Waals surface area contributed by atoms with Gasteiger partial charge in [-0.3, -0.25) is 0 Å². The maximum Gasteiger partial charge on any atom is 0.154 e. The zero-order chi connectivity index (χ0) is 16.4. The highest BCUT2D eigenvalue weighted by atomic mass is 16.5. The molecular formula is C18H27N5O. The molecule has 1 aliphatic carbocycles. The van der Waals surface area contributed by atoms with Crippen LogP contribution >= 0.6 is 0 Å². The average Bonchev–Trinajstić information content (AvgIpc) is 3.08. The predicted molar refractivity (Wildman–Crippen MR) is 94.5 cm³/mol. The van der Waals surface area contributed by atoms with Crippen LogP contribution < -0.4 is 10.6 Å². The minimum atomic E-state index is 0.505. The van der Waals surface area contributed by atoms with E-state index in [1.807, 2.05) is 4.52 Å². The lowest BCUT2D eigenvalue weighted by molar-refractivity contribution is 0.0856. The molecule has 0 radical (unpaired) electrons. The van der Waals surface area contributed by atoms with Crippen LogP contribution in [-0.4, -0.2) is 46.9 Å². The molecule has 0 aromatic carbocycles. The fraction of sp³-hybridized carbons (Fsp3) is 0.667. The van der Waals surface area contributed by atoms with Crippen molar-refractivity contribution in [1.29, 1.82) is 0 Å². The van der Waals surface area contributed by atoms with E-state index >= 15 is 0 Å². The van der Waals surface area contributed by atoms with Crippen LogP contribution in [0.5, 0.6) is 0 Å². The molecule has 0 bridgehead atoms. The Morgan fingerprint density at radius 1 is 1.08 bits per heavy atom. The van der Waals surface area contributed by atoms with Gasteiger partial charge in [-0.2, -0.15) is 5.10 Å². The minimum absolute atomic E-state index is 0.505. The summed E-state index contributed by atoms with van der Waals surface area (Å²) in [5, 5.41) is 11.5. The van der Waals surface area contributed by atoms with Gasteiger partial charge in [0.1, 0.15) is 11.8 Å². The van der Waals surface area contributed by atoms with Crippen molar-refractivity contribution in [3.63, 3.8) is 0 Å². The summed E-state index contributed by atoms with van der Waals surface area (Å²) in [7, 11) is 2.06. The number of rotatable bonds is 4. The van der Waals surface area contributed by atoms with Crippen molar-refractivity contribution in [3.8, 4) is 0 Å². The molecule has 1 saturated heterocycles. The fourth-order valence-electron chi connectivity index (χ4n) is 4.14. The Hall–Kier alpha value is -1.66. The summed E-state index contributed by atoms with van der Waals surface area (Å²) in [6, 6.07) is 3.38. The van der Waals surface area contributed by atoms with Crippen molar-refractivity contribution in [2.45, 2.75) is 56.5 Å². The second-order valence-electron chi connectivity index (χ2n) is 7.04. The van der Waals surface area contributed by atoms with Gasteiger partial charge in [0, 0.05) is 31.5 Å². The van der Waals surface area contributed by atoms with Crippen molar-refractivity contribution < 1.29 is 4.74 Å². The van der Waals surface area contributed by atoms with Crippen LogP contribution in [-0.2, 0) is 4.74 Å². The van der Waals surface area contributed by atoms with Gasteiger partial charge in [0.15, 0.2) is 5.82 Å². The van der Waals surface area contributed by atoms with Crippen molar-refractivity contribution in [2.24, 2.45) is 0 Å². The highest BCUT2D eigenvalue weighted by Gasteiger charge is 2.24. The van der Waals surface area contributed by atoms with Crippen LogP contribution in [0.25, 0.3) is 5.52 Å². The molecule has 2 aromatic rings. The van der Waals surface area contributed by atoms with Crippen molar-refractivity contribution in [2.75, 3.05) is 25.6 Å². The van der Waals surface area contributed by atoms with Gasteiger partial charge < -0.3 is 15.4 Å². The Kier molecular flexibility index (Phi) is 4.67. The summed E-state index contributed by atoms with van der Waals surface area (Å²) in [5.41, 5.74) is 2.52. The minimum Gasteiger partial charge on any atom is -0.381 e. The van der Waals surface area contributed by atoms with Crippen LogP contribution in [0.4, 0.5) is 5.82 Å². The summed E-state index contributed by atoms with van der Waals surface area (Å²) in [4.78, 5) is 4.58. The van der Waals surface area contributed by atoms with Crippen LogP contribution in [0.15, 0.2) is 18.6 Å². The summed E-state index contributed by atoms with van der Waals surface area (Å²) >= 11 is 0. The van der Waals surface area contributed by atoms with Gasteiger partial charge in [-0.15, -0.1) is 0 Å². The quantitative estimate of drug-likeness (QED) is 0.903. The molecule has 2 N–H and O–H groups in total. The first-order valence-electron chi connectivity index (χ1n) is 9.19. The molecule has 1 saturated carbocycles. The van der Waals surface area contributed by atoms with E-state index in [0.29, 0.717) is 18.0 Å². The maximum absolute atomic E-state index is 5.52. The van der Waals surface area contributed by atoms with E-state index in [0.717, 1.165) is 37.4 Å². The lowest BCUT2D eigenvalue weighted by Gasteiger charge is -2.29. The van der Waals surface area contributed by atoms with E-state index in [1.54, 1.807) is 6.33 Å². The smallest absolute Gasteiger partial charge is 0.154 e. The van der Waals surface area contributed by atoms with Crippen molar-refractivity contribution in [1.82, 2.24) is 19.9 Å².